The Morgan fingerprint density at radius 3 is 1.81 bits per heavy atom. The van der Waals surface area contributed by atoms with Crippen molar-refractivity contribution in [2.45, 2.75) is 6.04 Å². The second-order valence-electron chi connectivity index (χ2n) is 6.67. The zero-order valence-electron chi connectivity index (χ0n) is 14.4. The highest BCUT2D eigenvalue weighted by atomic mass is 15.0. The first kappa shape index (κ1) is 15.0. The van der Waals surface area contributed by atoms with E-state index < -0.39 is 0 Å². The van der Waals surface area contributed by atoms with Crippen LogP contribution in [0.1, 0.15) is 17.2 Å². The Morgan fingerprint density at radius 2 is 1.12 bits per heavy atom. The van der Waals surface area contributed by atoms with E-state index in [2.05, 4.69) is 114 Å². The maximum atomic E-state index is 2.40. The van der Waals surface area contributed by atoms with Gasteiger partial charge >= 0.3 is 0 Å². The van der Waals surface area contributed by atoms with Crippen molar-refractivity contribution in [1.29, 1.82) is 0 Å². The third kappa shape index (κ3) is 2.41. The monoisotopic (exact) mass is 333 g/mol. The predicted molar refractivity (Wildman–Crippen MR) is 110 cm³/mol. The van der Waals surface area contributed by atoms with Gasteiger partial charge in [0.2, 0.25) is 0 Å². The number of hydrogen-bond donors (Lipinski definition) is 0. The van der Waals surface area contributed by atoms with E-state index in [1.807, 2.05) is 0 Å². The number of aromatic nitrogens is 1. The van der Waals surface area contributed by atoms with E-state index >= 15 is 0 Å². The number of nitrogens with zero attached hydrogens (tertiary/aromatic N) is 1. The van der Waals surface area contributed by atoms with Crippen molar-refractivity contribution in [3.63, 3.8) is 0 Å². The Bertz CT molecular complexity index is 1130. The van der Waals surface area contributed by atoms with Gasteiger partial charge in [0.25, 0.3) is 0 Å². The molecule has 0 atom stereocenters. The van der Waals surface area contributed by atoms with Crippen LogP contribution >= 0.6 is 0 Å². The van der Waals surface area contributed by atoms with E-state index in [0.29, 0.717) is 0 Å². The van der Waals surface area contributed by atoms with Gasteiger partial charge in [-0.2, -0.15) is 0 Å². The smallest absolute Gasteiger partial charge is 0.0839 e. The molecule has 0 N–H and O–H groups in total. The van der Waals surface area contributed by atoms with Gasteiger partial charge in [-0.05, 0) is 34.0 Å². The lowest BCUT2D eigenvalue weighted by molar-refractivity contribution is 0.705. The molecule has 26 heavy (non-hydrogen) atoms. The highest BCUT2D eigenvalue weighted by molar-refractivity contribution is 6.06. The molecule has 5 aromatic rings. The summed E-state index contributed by atoms with van der Waals surface area (Å²) in [6.45, 7) is 0. The van der Waals surface area contributed by atoms with Gasteiger partial charge in [0.1, 0.15) is 0 Å². The quantitative estimate of drug-likeness (QED) is 0.358. The minimum atomic E-state index is 0.163. The Morgan fingerprint density at radius 1 is 0.500 bits per heavy atom. The van der Waals surface area contributed by atoms with Crippen LogP contribution in [-0.4, -0.2) is 4.57 Å². The molecule has 1 nitrogen and oxygen atoms in total. The number of benzene rings is 4. The summed E-state index contributed by atoms with van der Waals surface area (Å²) in [5.41, 5.74) is 3.86. The number of hydrogen-bond acceptors (Lipinski definition) is 0. The summed E-state index contributed by atoms with van der Waals surface area (Å²) >= 11 is 0. The fourth-order valence-corrected chi connectivity index (χ4v) is 3.93. The van der Waals surface area contributed by atoms with Gasteiger partial charge in [-0.25, -0.2) is 0 Å². The Kier molecular flexibility index (Phi) is 3.57. The van der Waals surface area contributed by atoms with Gasteiger partial charge in [0.15, 0.2) is 0 Å². The van der Waals surface area contributed by atoms with Gasteiger partial charge in [-0.15, -0.1) is 0 Å². The van der Waals surface area contributed by atoms with E-state index in [1.54, 1.807) is 0 Å². The lowest BCUT2D eigenvalue weighted by atomic mass is 9.98. The maximum Gasteiger partial charge on any atom is 0.0839 e. The Balaban J connectivity index is 1.78. The summed E-state index contributed by atoms with van der Waals surface area (Å²) in [6, 6.07) is 37.0. The molecule has 4 aromatic carbocycles. The second-order valence-corrected chi connectivity index (χ2v) is 6.67. The standard InChI is InChI=1S/C25H19N/c1-3-10-20(11-4-1)25(21-12-5-2-6-13-21)26-18-17-23-22-14-8-7-9-19(22)15-16-24(23)26/h1-18,25H. The van der Waals surface area contributed by atoms with Crippen LogP contribution in [0.4, 0.5) is 0 Å². The van der Waals surface area contributed by atoms with E-state index in [0.717, 1.165) is 0 Å². The Hall–Kier alpha value is -3.32. The molecule has 0 amide bonds. The van der Waals surface area contributed by atoms with Crippen LogP contribution in [0.3, 0.4) is 0 Å². The average molecular weight is 333 g/mol. The molecule has 0 saturated heterocycles. The largest absolute Gasteiger partial charge is 0.336 e. The molecule has 1 heterocycles. The third-order valence-electron chi connectivity index (χ3n) is 5.14. The van der Waals surface area contributed by atoms with E-state index in [1.165, 1.54) is 32.8 Å². The first-order chi connectivity index (χ1) is 12.9. The molecule has 124 valence electrons. The van der Waals surface area contributed by atoms with Crippen molar-refractivity contribution in [3.05, 3.63) is 120 Å². The molecule has 0 aliphatic carbocycles. The molecule has 1 heteroatoms. The van der Waals surface area contributed by atoms with Crippen LogP contribution < -0.4 is 0 Å². The van der Waals surface area contributed by atoms with Gasteiger partial charge in [-0.3, -0.25) is 0 Å². The number of rotatable bonds is 3. The van der Waals surface area contributed by atoms with Crippen LogP contribution in [0.5, 0.6) is 0 Å². The van der Waals surface area contributed by atoms with E-state index in [4.69, 9.17) is 0 Å². The fourth-order valence-electron chi connectivity index (χ4n) is 3.93. The summed E-state index contributed by atoms with van der Waals surface area (Å²) in [7, 11) is 0. The lowest BCUT2D eigenvalue weighted by Gasteiger charge is -2.21. The highest BCUT2D eigenvalue weighted by Crippen LogP contribution is 2.33. The SMILES string of the molecule is c1ccc(C(c2ccccc2)n2ccc3c4ccccc4ccc32)cc1. The van der Waals surface area contributed by atoms with E-state index in [-0.39, 0.29) is 6.04 Å². The van der Waals surface area contributed by atoms with Gasteiger partial charge < -0.3 is 4.57 Å². The van der Waals surface area contributed by atoms with Gasteiger partial charge in [0.05, 0.1) is 6.04 Å². The molecule has 0 unspecified atom stereocenters. The van der Waals surface area contributed by atoms with Crippen molar-refractivity contribution >= 4 is 21.7 Å². The molecule has 0 aliphatic heterocycles. The van der Waals surface area contributed by atoms with Crippen molar-refractivity contribution < 1.29 is 0 Å². The minimum absolute atomic E-state index is 0.163. The maximum absolute atomic E-state index is 2.40. The van der Waals surface area contributed by atoms with Gasteiger partial charge in [-0.1, -0.05) is 91.0 Å². The third-order valence-corrected chi connectivity index (χ3v) is 5.14. The predicted octanol–water partition coefficient (Wildman–Crippen LogP) is 6.43. The molecule has 5 rings (SSSR count). The summed E-state index contributed by atoms with van der Waals surface area (Å²) < 4.78 is 2.40. The second kappa shape index (κ2) is 6.20. The summed E-state index contributed by atoms with van der Waals surface area (Å²) in [4.78, 5) is 0. The molecule has 1 aromatic heterocycles. The van der Waals surface area contributed by atoms with Crippen molar-refractivity contribution in [3.8, 4) is 0 Å². The van der Waals surface area contributed by atoms with Crippen molar-refractivity contribution in [2.24, 2.45) is 0 Å². The first-order valence-electron chi connectivity index (χ1n) is 9.00. The zero-order chi connectivity index (χ0) is 17.3. The minimum Gasteiger partial charge on any atom is -0.336 e. The van der Waals surface area contributed by atoms with Crippen LogP contribution in [0.25, 0.3) is 21.7 Å². The molecular formula is C25H19N. The highest BCUT2D eigenvalue weighted by Gasteiger charge is 2.18. The summed E-state index contributed by atoms with van der Waals surface area (Å²) in [5.74, 6) is 0. The average Bonchev–Trinajstić information content (AvgIpc) is 3.14. The normalized spacial score (nSPS) is 11.4. The van der Waals surface area contributed by atoms with Crippen LogP contribution in [0, 0.1) is 0 Å². The van der Waals surface area contributed by atoms with Crippen LogP contribution in [0.2, 0.25) is 0 Å². The lowest BCUT2D eigenvalue weighted by Crippen LogP contribution is -2.11. The van der Waals surface area contributed by atoms with Crippen LogP contribution in [-0.2, 0) is 0 Å². The molecule has 0 aliphatic rings. The zero-order valence-corrected chi connectivity index (χ0v) is 14.4. The molecule has 0 radical (unpaired) electrons. The van der Waals surface area contributed by atoms with E-state index in [9.17, 15) is 0 Å². The molecule has 0 fully saturated rings. The topological polar surface area (TPSA) is 4.93 Å². The van der Waals surface area contributed by atoms with Gasteiger partial charge in [0, 0.05) is 17.1 Å². The number of fused-ring (bicyclic) bond motifs is 3. The Labute approximate surface area is 153 Å². The molecule has 0 spiro atoms. The first-order valence-corrected chi connectivity index (χ1v) is 9.00. The van der Waals surface area contributed by atoms with Crippen molar-refractivity contribution in [2.75, 3.05) is 0 Å². The molecule has 0 bridgehead atoms. The fraction of sp³-hybridized carbons (Fsp3) is 0.0400. The van der Waals surface area contributed by atoms with Crippen molar-refractivity contribution in [1.82, 2.24) is 4.57 Å². The summed E-state index contributed by atoms with van der Waals surface area (Å²) in [6.07, 6.45) is 2.22. The molecular weight excluding hydrogens is 314 g/mol. The summed E-state index contributed by atoms with van der Waals surface area (Å²) in [5, 5.41) is 3.90. The van der Waals surface area contributed by atoms with Crippen LogP contribution in [0.15, 0.2) is 109 Å². The molecule has 0 saturated carbocycles.